The number of methoxy groups -OCH3 is 2. The molecule has 0 aromatic carbocycles. The smallest absolute Gasteiger partial charge is 0.189 e. The van der Waals surface area contributed by atoms with E-state index in [1.54, 1.807) is 27.2 Å². The Morgan fingerprint density at radius 3 is 2.31 bits per heavy atom. The van der Waals surface area contributed by atoms with Crippen molar-refractivity contribution in [1.29, 1.82) is 0 Å². The maximum Gasteiger partial charge on any atom is 0.189 e. The molecule has 0 amide bonds. The molecule has 3 nitrogen and oxygen atoms in total. The molecule has 0 saturated heterocycles. The van der Waals surface area contributed by atoms with E-state index in [-0.39, 0.29) is 0 Å². The fourth-order valence-electron chi connectivity index (χ4n) is 1.09. The van der Waals surface area contributed by atoms with Crippen LogP contribution in [0.5, 0.6) is 0 Å². The third kappa shape index (κ3) is 4.76. The molecule has 0 saturated carbocycles. The lowest BCUT2D eigenvalue weighted by atomic mass is 10.1. The number of alkyl halides is 1. The number of aliphatic hydroxyl groups excluding tert-OH is 1. The van der Waals surface area contributed by atoms with Crippen LogP contribution in [-0.2, 0) is 9.47 Å². The summed E-state index contributed by atoms with van der Waals surface area (Å²) in [4.78, 5) is 0. The fraction of sp³-hybridized carbons (Fsp3) is 0.778. The van der Waals surface area contributed by atoms with Crippen molar-refractivity contribution in [3.8, 4) is 0 Å². The van der Waals surface area contributed by atoms with Crippen LogP contribution in [0.4, 0.5) is 0 Å². The SMILES string of the molecule is COC(/C=C/CBr)(CC(C)O)OC. The van der Waals surface area contributed by atoms with E-state index in [1.165, 1.54) is 0 Å². The van der Waals surface area contributed by atoms with Crippen LogP contribution in [0.1, 0.15) is 13.3 Å². The van der Waals surface area contributed by atoms with Gasteiger partial charge in [-0.3, -0.25) is 0 Å². The Morgan fingerprint density at radius 1 is 1.46 bits per heavy atom. The van der Waals surface area contributed by atoms with Crippen molar-refractivity contribution in [3.63, 3.8) is 0 Å². The highest BCUT2D eigenvalue weighted by Gasteiger charge is 2.27. The second-order valence-corrected chi connectivity index (χ2v) is 3.48. The summed E-state index contributed by atoms with van der Waals surface area (Å²) in [7, 11) is 3.12. The molecule has 0 heterocycles. The molecule has 1 N–H and O–H groups in total. The second kappa shape index (κ2) is 6.54. The number of aliphatic hydroxyl groups is 1. The van der Waals surface area contributed by atoms with Crippen LogP contribution in [-0.4, -0.2) is 36.5 Å². The monoisotopic (exact) mass is 252 g/mol. The van der Waals surface area contributed by atoms with Gasteiger partial charge in [-0.15, -0.1) is 0 Å². The highest BCUT2D eigenvalue weighted by molar-refractivity contribution is 9.09. The van der Waals surface area contributed by atoms with Crippen molar-refractivity contribution < 1.29 is 14.6 Å². The average Bonchev–Trinajstić information content (AvgIpc) is 2.12. The van der Waals surface area contributed by atoms with E-state index in [4.69, 9.17) is 9.47 Å². The van der Waals surface area contributed by atoms with Gasteiger partial charge in [0.15, 0.2) is 5.79 Å². The van der Waals surface area contributed by atoms with Gasteiger partial charge in [-0.05, 0) is 13.0 Å². The van der Waals surface area contributed by atoms with E-state index < -0.39 is 11.9 Å². The number of ether oxygens (including phenoxy) is 2. The van der Waals surface area contributed by atoms with Crippen molar-refractivity contribution in [1.82, 2.24) is 0 Å². The van der Waals surface area contributed by atoms with Crippen molar-refractivity contribution in [2.45, 2.75) is 25.2 Å². The Kier molecular flexibility index (Phi) is 6.59. The maximum absolute atomic E-state index is 9.24. The lowest BCUT2D eigenvalue weighted by Crippen LogP contribution is -2.34. The van der Waals surface area contributed by atoms with E-state index in [1.807, 2.05) is 6.08 Å². The number of halogens is 1. The first kappa shape index (κ1) is 13.1. The summed E-state index contributed by atoms with van der Waals surface area (Å²) >= 11 is 3.27. The predicted molar refractivity (Wildman–Crippen MR) is 56.0 cm³/mol. The van der Waals surface area contributed by atoms with Gasteiger partial charge in [0.2, 0.25) is 0 Å². The molecule has 13 heavy (non-hydrogen) atoms. The summed E-state index contributed by atoms with van der Waals surface area (Å²) in [5.41, 5.74) is 0. The summed E-state index contributed by atoms with van der Waals surface area (Å²) in [5.74, 6) is -0.804. The molecule has 4 heteroatoms. The number of rotatable bonds is 6. The van der Waals surface area contributed by atoms with Gasteiger partial charge in [-0.1, -0.05) is 22.0 Å². The molecular weight excluding hydrogens is 236 g/mol. The summed E-state index contributed by atoms with van der Waals surface area (Å²) in [5, 5.41) is 9.98. The van der Waals surface area contributed by atoms with Gasteiger partial charge in [-0.25, -0.2) is 0 Å². The van der Waals surface area contributed by atoms with Crippen LogP contribution in [0, 0.1) is 0 Å². The molecule has 0 aromatic heterocycles. The van der Waals surface area contributed by atoms with Crippen molar-refractivity contribution >= 4 is 15.9 Å². The summed E-state index contributed by atoms with van der Waals surface area (Å²) in [6, 6.07) is 0. The van der Waals surface area contributed by atoms with E-state index >= 15 is 0 Å². The van der Waals surface area contributed by atoms with Crippen molar-refractivity contribution in [2.75, 3.05) is 19.5 Å². The van der Waals surface area contributed by atoms with Crippen LogP contribution >= 0.6 is 15.9 Å². The topological polar surface area (TPSA) is 38.7 Å². The number of hydrogen-bond acceptors (Lipinski definition) is 3. The number of allylic oxidation sites excluding steroid dienone is 1. The Hall–Kier alpha value is 0.1000. The van der Waals surface area contributed by atoms with Gasteiger partial charge in [0.05, 0.1) is 6.10 Å². The molecular formula is C9H17BrO3. The zero-order chi connectivity index (χ0) is 10.3. The van der Waals surface area contributed by atoms with Crippen LogP contribution in [0.25, 0.3) is 0 Å². The predicted octanol–water partition coefficient (Wildman–Crippen LogP) is 1.70. The van der Waals surface area contributed by atoms with Crippen LogP contribution in [0.2, 0.25) is 0 Å². The third-order valence-corrected chi connectivity index (χ3v) is 2.11. The molecule has 0 aromatic rings. The second-order valence-electron chi connectivity index (χ2n) is 2.83. The molecule has 0 aliphatic rings. The van der Waals surface area contributed by atoms with Crippen LogP contribution < -0.4 is 0 Å². The summed E-state index contributed by atoms with van der Waals surface area (Å²) in [6.45, 7) is 1.70. The van der Waals surface area contributed by atoms with E-state index in [2.05, 4.69) is 15.9 Å². The lowest BCUT2D eigenvalue weighted by molar-refractivity contribution is -0.185. The summed E-state index contributed by atoms with van der Waals surface area (Å²) in [6.07, 6.45) is 3.65. The molecule has 1 atom stereocenters. The van der Waals surface area contributed by atoms with E-state index in [0.717, 1.165) is 5.33 Å². The Morgan fingerprint density at radius 2 is 2.00 bits per heavy atom. The quantitative estimate of drug-likeness (QED) is 0.445. The zero-order valence-corrected chi connectivity index (χ0v) is 9.87. The number of hydrogen-bond donors (Lipinski definition) is 1. The van der Waals surface area contributed by atoms with Crippen molar-refractivity contribution in [3.05, 3.63) is 12.2 Å². The van der Waals surface area contributed by atoms with Gasteiger partial charge in [0.25, 0.3) is 0 Å². The van der Waals surface area contributed by atoms with Gasteiger partial charge >= 0.3 is 0 Å². The molecule has 78 valence electrons. The summed E-state index contributed by atoms with van der Waals surface area (Å²) < 4.78 is 10.4. The largest absolute Gasteiger partial charge is 0.393 e. The minimum atomic E-state index is -0.804. The van der Waals surface area contributed by atoms with Gasteiger partial charge < -0.3 is 14.6 Å². The lowest BCUT2D eigenvalue weighted by Gasteiger charge is -2.28. The van der Waals surface area contributed by atoms with Gasteiger partial charge in [0.1, 0.15) is 0 Å². The maximum atomic E-state index is 9.24. The molecule has 0 rings (SSSR count). The van der Waals surface area contributed by atoms with Crippen LogP contribution in [0.15, 0.2) is 12.2 Å². The molecule has 0 aliphatic carbocycles. The minimum Gasteiger partial charge on any atom is -0.393 e. The molecule has 0 aliphatic heterocycles. The Bertz CT molecular complexity index is 153. The standard InChI is InChI=1S/C9H17BrO3/c1-8(11)7-9(12-2,13-3)5-4-6-10/h4-5,8,11H,6-7H2,1-3H3/b5-4+. The normalized spacial score (nSPS) is 15.2. The molecule has 0 spiro atoms. The Labute approximate surface area is 87.9 Å². The Balaban J connectivity index is 4.39. The average molecular weight is 253 g/mol. The zero-order valence-electron chi connectivity index (χ0n) is 8.29. The molecule has 1 unspecified atom stereocenters. The van der Waals surface area contributed by atoms with E-state index in [9.17, 15) is 5.11 Å². The van der Waals surface area contributed by atoms with Gasteiger partial charge in [-0.2, -0.15) is 0 Å². The van der Waals surface area contributed by atoms with Crippen LogP contribution in [0.3, 0.4) is 0 Å². The first-order valence-corrected chi connectivity index (χ1v) is 5.24. The van der Waals surface area contributed by atoms with Gasteiger partial charge in [0, 0.05) is 26.0 Å². The highest BCUT2D eigenvalue weighted by Crippen LogP contribution is 2.20. The molecule has 0 radical (unpaired) electrons. The molecule has 0 bridgehead atoms. The first-order chi connectivity index (χ1) is 6.10. The minimum absolute atomic E-state index is 0.420. The fourth-order valence-corrected chi connectivity index (χ4v) is 1.28. The van der Waals surface area contributed by atoms with E-state index in [0.29, 0.717) is 6.42 Å². The third-order valence-electron chi connectivity index (χ3n) is 1.73. The highest BCUT2D eigenvalue weighted by atomic mass is 79.9. The van der Waals surface area contributed by atoms with Crippen molar-refractivity contribution in [2.24, 2.45) is 0 Å². The molecule has 0 fully saturated rings. The first-order valence-electron chi connectivity index (χ1n) is 4.12.